The summed E-state index contributed by atoms with van der Waals surface area (Å²) in [6.07, 6.45) is 1.85. The third-order valence-corrected chi connectivity index (χ3v) is 2.45. The van der Waals surface area contributed by atoms with E-state index in [1.807, 2.05) is 0 Å². The highest BCUT2D eigenvalue weighted by molar-refractivity contribution is 4.78. The van der Waals surface area contributed by atoms with Gasteiger partial charge in [-0.05, 0) is 23.5 Å². The van der Waals surface area contributed by atoms with E-state index in [1.54, 1.807) is 7.05 Å². The molecule has 6 heteroatoms. The van der Waals surface area contributed by atoms with E-state index >= 15 is 0 Å². The Kier molecular flexibility index (Phi) is 4.82. The van der Waals surface area contributed by atoms with Crippen molar-refractivity contribution >= 4 is 0 Å². The van der Waals surface area contributed by atoms with Crippen LogP contribution in [0.1, 0.15) is 32.5 Å². The van der Waals surface area contributed by atoms with E-state index in [0.717, 1.165) is 19.4 Å². The molecule has 92 valence electrons. The van der Waals surface area contributed by atoms with Crippen molar-refractivity contribution in [1.29, 1.82) is 0 Å². The molecule has 0 saturated heterocycles. The van der Waals surface area contributed by atoms with Gasteiger partial charge in [0.25, 0.3) is 0 Å². The molecule has 0 bridgehead atoms. The van der Waals surface area contributed by atoms with Gasteiger partial charge < -0.3 is 10.4 Å². The van der Waals surface area contributed by atoms with Crippen molar-refractivity contribution in [3.8, 4) is 0 Å². The predicted octanol–water partition coefficient (Wildman–Crippen LogP) is 0.0984. The number of aliphatic hydroxyl groups is 1. The van der Waals surface area contributed by atoms with Crippen LogP contribution in [0, 0.1) is 5.41 Å². The second kappa shape index (κ2) is 5.91. The zero-order valence-corrected chi connectivity index (χ0v) is 10.3. The molecule has 0 amide bonds. The van der Waals surface area contributed by atoms with E-state index in [4.69, 9.17) is 5.11 Å². The second-order valence-electron chi connectivity index (χ2n) is 4.79. The van der Waals surface area contributed by atoms with Crippen molar-refractivity contribution < 1.29 is 5.11 Å². The van der Waals surface area contributed by atoms with Crippen LogP contribution < -0.4 is 5.32 Å². The second-order valence-corrected chi connectivity index (χ2v) is 4.79. The van der Waals surface area contributed by atoms with Gasteiger partial charge in [-0.15, -0.1) is 10.2 Å². The van der Waals surface area contributed by atoms with Gasteiger partial charge in [-0.2, -0.15) is 4.80 Å². The average molecular weight is 227 g/mol. The summed E-state index contributed by atoms with van der Waals surface area (Å²) >= 11 is 0. The Hall–Kier alpha value is -1.01. The van der Waals surface area contributed by atoms with Gasteiger partial charge in [-0.3, -0.25) is 0 Å². The van der Waals surface area contributed by atoms with E-state index in [1.165, 1.54) is 4.80 Å². The fourth-order valence-electron chi connectivity index (χ4n) is 1.55. The van der Waals surface area contributed by atoms with Gasteiger partial charge in [0.1, 0.15) is 0 Å². The number of aromatic nitrogens is 4. The third kappa shape index (κ3) is 4.67. The van der Waals surface area contributed by atoms with Crippen LogP contribution in [-0.4, -0.2) is 38.5 Å². The number of rotatable bonds is 7. The van der Waals surface area contributed by atoms with Gasteiger partial charge in [0.2, 0.25) is 0 Å². The lowest BCUT2D eigenvalue weighted by Crippen LogP contribution is -2.29. The minimum Gasteiger partial charge on any atom is -0.396 e. The van der Waals surface area contributed by atoms with Gasteiger partial charge >= 0.3 is 0 Å². The lowest BCUT2D eigenvalue weighted by atomic mass is 9.88. The molecule has 1 aromatic rings. The summed E-state index contributed by atoms with van der Waals surface area (Å²) in [5.41, 5.74) is 0.185. The Morgan fingerprint density at radius 1 is 1.44 bits per heavy atom. The molecular formula is C10H21N5O. The van der Waals surface area contributed by atoms with Crippen molar-refractivity contribution in [1.82, 2.24) is 25.5 Å². The number of hydrogen-bond donors (Lipinski definition) is 2. The molecule has 0 aliphatic carbocycles. The Labute approximate surface area is 96.0 Å². The maximum atomic E-state index is 8.78. The molecule has 0 aliphatic rings. The molecule has 1 rings (SSSR count). The molecule has 2 N–H and O–H groups in total. The first-order valence-electron chi connectivity index (χ1n) is 5.58. The quantitative estimate of drug-likeness (QED) is 0.691. The first kappa shape index (κ1) is 13.1. The predicted molar refractivity (Wildman–Crippen MR) is 60.6 cm³/mol. The van der Waals surface area contributed by atoms with Crippen LogP contribution in [0.2, 0.25) is 0 Å². The molecule has 6 nitrogen and oxygen atoms in total. The van der Waals surface area contributed by atoms with E-state index < -0.39 is 0 Å². The molecule has 0 atom stereocenters. The van der Waals surface area contributed by atoms with Crippen molar-refractivity contribution in [3.05, 3.63) is 5.82 Å². The third-order valence-electron chi connectivity index (χ3n) is 2.45. The molecule has 0 unspecified atom stereocenters. The van der Waals surface area contributed by atoms with Crippen molar-refractivity contribution in [2.75, 3.05) is 13.2 Å². The lowest BCUT2D eigenvalue weighted by molar-refractivity contribution is 0.236. The highest BCUT2D eigenvalue weighted by atomic mass is 16.2. The van der Waals surface area contributed by atoms with E-state index in [0.29, 0.717) is 12.4 Å². The molecule has 0 spiro atoms. The SMILES string of the molecule is Cn1nnc(CNCC(C)(C)CCCO)n1. The highest BCUT2D eigenvalue weighted by Crippen LogP contribution is 2.20. The lowest BCUT2D eigenvalue weighted by Gasteiger charge is -2.24. The maximum Gasteiger partial charge on any atom is 0.188 e. The largest absolute Gasteiger partial charge is 0.396 e. The van der Waals surface area contributed by atoms with Crippen LogP contribution in [0.15, 0.2) is 0 Å². The smallest absolute Gasteiger partial charge is 0.188 e. The zero-order valence-electron chi connectivity index (χ0n) is 10.3. The molecule has 1 heterocycles. The number of aryl methyl sites for hydroxylation is 1. The van der Waals surface area contributed by atoms with Crippen LogP contribution in [0.4, 0.5) is 0 Å². The number of nitrogens with one attached hydrogen (secondary N) is 1. The van der Waals surface area contributed by atoms with Gasteiger partial charge in [0, 0.05) is 13.2 Å². The normalized spacial score (nSPS) is 12.0. The minimum absolute atomic E-state index is 0.185. The first-order chi connectivity index (χ1) is 7.53. The summed E-state index contributed by atoms with van der Waals surface area (Å²) in [5, 5.41) is 23.8. The summed E-state index contributed by atoms with van der Waals surface area (Å²) < 4.78 is 0. The van der Waals surface area contributed by atoms with Crippen molar-refractivity contribution in [2.24, 2.45) is 12.5 Å². The summed E-state index contributed by atoms with van der Waals surface area (Å²) in [5.74, 6) is 0.709. The fraction of sp³-hybridized carbons (Fsp3) is 0.900. The van der Waals surface area contributed by atoms with Gasteiger partial charge in [0.15, 0.2) is 5.82 Å². The molecular weight excluding hydrogens is 206 g/mol. The van der Waals surface area contributed by atoms with Gasteiger partial charge in [-0.25, -0.2) is 0 Å². The molecule has 0 saturated carbocycles. The zero-order chi connectivity index (χ0) is 12.0. The Bertz CT molecular complexity index is 310. The van der Waals surface area contributed by atoms with E-state index in [2.05, 4.69) is 34.6 Å². The van der Waals surface area contributed by atoms with Gasteiger partial charge in [-0.1, -0.05) is 13.8 Å². The summed E-state index contributed by atoms with van der Waals surface area (Å²) in [6, 6.07) is 0. The molecule has 1 aromatic heterocycles. The molecule has 16 heavy (non-hydrogen) atoms. The van der Waals surface area contributed by atoms with Crippen LogP contribution in [-0.2, 0) is 13.6 Å². The van der Waals surface area contributed by atoms with E-state index in [9.17, 15) is 0 Å². The molecule has 0 aliphatic heterocycles. The maximum absolute atomic E-state index is 8.78. The number of tetrazole rings is 1. The first-order valence-corrected chi connectivity index (χ1v) is 5.58. The van der Waals surface area contributed by atoms with Crippen LogP contribution >= 0.6 is 0 Å². The molecule has 0 fully saturated rings. The van der Waals surface area contributed by atoms with Crippen molar-refractivity contribution in [2.45, 2.75) is 33.2 Å². The average Bonchev–Trinajstić information content (AvgIpc) is 2.61. The van der Waals surface area contributed by atoms with Crippen LogP contribution in [0.25, 0.3) is 0 Å². The highest BCUT2D eigenvalue weighted by Gasteiger charge is 2.16. The number of hydrogen-bond acceptors (Lipinski definition) is 5. The Balaban J connectivity index is 2.24. The topological polar surface area (TPSA) is 75.9 Å². The van der Waals surface area contributed by atoms with Gasteiger partial charge in [0.05, 0.1) is 13.6 Å². The summed E-state index contributed by atoms with van der Waals surface area (Å²) in [7, 11) is 1.75. The number of nitrogens with zero attached hydrogens (tertiary/aromatic N) is 4. The van der Waals surface area contributed by atoms with Crippen LogP contribution in [0.3, 0.4) is 0 Å². The van der Waals surface area contributed by atoms with Crippen molar-refractivity contribution in [3.63, 3.8) is 0 Å². The van der Waals surface area contributed by atoms with Crippen LogP contribution in [0.5, 0.6) is 0 Å². The number of aliphatic hydroxyl groups excluding tert-OH is 1. The Morgan fingerprint density at radius 2 is 2.19 bits per heavy atom. The molecule has 0 aromatic carbocycles. The molecule has 0 radical (unpaired) electrons. The minimum atomic E-state index is 0.185. The Morgan fingerprint density at radius 3 is 2.75 bits per heavy atom. The fourth-order valence-corrected chi connectivity index (χ4v) is 1.55. The van der Waals surface area contributed by atoms with E-state index in [-0.39, 0.29) is 12.0 Å². The standard InChI is InChI=1S/C10H21N5O/c1-10(2,5-4-6-16)8-11-7-9-12-14-15(3)13-9/h11,16H,4-8H2,1-3H3. The summed E-state index contributed by atoms with van der Waals surface area (Å²) in [6.45, 7) is 6.14. The summed E-state index contributed by atoms with van der Waals surface area (Å²) in [4.78, 5) is 1.45. The monoisotopic (exact) mass is 227 g/mol.